The van der Waals surface area contributed by atoms with Gasteiger partial charge in [0.25, 0.3) is 0 Å². The number of hydrogen-bond acceptors (Lipinski definition) is 4. The summed E-state index contributed by atoms with van der Waals surface area (Å²) in [5.41, 5.74) is 4.93. The summed E-state index contributed by atoms with van der Waals surface area (Å²) < 4.78 is 5.71. The maximum Gasteiger partial charge on any atom is 0.308 e. The second-order valence-electron chi connectivity index (χ2n) is 10.8. The van der Waals surface area contributed by atoms with Crippen LogP contribution in [0.15, 0.2) is 78.9 Å². The van der Waals surface area contributed by atoms with E-state index < -0.39 is 5.97 Å². The van der Waals surface area contributed by atoms with Crippen LogP contribution in [0.1, 0.15) is 54.4 Å². The Morgan fingerprint density at radius 2 is 1.59 bits per heavy atom. The third kappa shape index (κ3) is 6.44. The van der Waals surface area contributed by atoms with E-state index >= 15 is 0 Å². The SMILES string of the molecule is COc1ccc(C(C)C)cc1CN[C@H]1[C@H]2CCN(C[C@@H]2C(=O)O)[C@H]1C(c1ccccc1)c1ccccc1.Cl.Cl. The molecule has 3 saturated heterocycles. The Morgan fingerprint density at radius 3 is 2.13 bits per heavy atom. The molecule has 5 nitrogen and oxygen atoms in total. The Bertz CT molecular complexity index is 1170. The number of methoxy groups -OCH3 is 1. The van der Waals surface area contributed by atoms with Gasteiger partial charge in [0.1, 0.15) is 5.75 Å². The van der Waals surface area contributed by atoms with Crippen LogP contribution in [0.3, 0.4) is 0 Å². The lowest BCUT2D eigenvalue weighted by Gasteiger charge is -2.56. The van der Waals surface area contributed by atoms with Gasteiger partial charge in [-0.15, -0.1) is 24.8 Å². The zero-order valence-electron chi connectivity index (χ0n) is 22.8. The molecule has 210 valence electrons. The number of aliphatic carboxylic acids is 1. The van der Waals surface area contributed by atoms with Crippen molar-refractivity contribution in [3.05, 3.63) is 101 Å². The molecule has 0 amide bonds. The van der Waals surface area contributed by atoms with Gasteiger partial charge in [0.05, 0.1) is 13.0 Å². The van der Waals surface area contributed by atoms with Gasteiger partial charge in [0, 0.05) is 36.7 Å². The first-order valence-electron chi connectivity index (χ1n) is 13.4. The van der Waals surface area contributed by atoms with E-state index in [9.17, 15) is 9.90 Å². The Morgan fingerprint density at radius 1 is 0.974 bits per heavy atom. The van der Waals surface area contributed by atoms with Crippen LogP contribution in [0, 0.1) is 11.8 Å². The number of rotatable bonds is 9. The lowest BCUT2D eigenvalue weighted by molar-refractivity contribution is -0.152. The Balaban J connectivity index is 0.00000210. The normalized spacial score (nSPS) is 23.7. The molecule has 3 aromatic carbocycles. The van der Waals surface area contributed by atoms with E-state index in [1.807, 2.05) is 0 Å². The Labute approximate surface area is 244 Å². The van der Waals surface area contributed by atoms with Crippen molar-refractivity contribution in [2.75, 3.05) is 20.2 Å². The van der Waals surface area contributed by atoms with Gasteiger partial charge >= 0.3 is 5.97 Å². The van der Waals surface area contributed by atoms with Gasteiger partial charge < -0.3 is 15.2 Å². The number of carboxylic acid groups (broad SMARTS) is 1. The van der Waals surface area contributed by atoms with E-state index in [1.54, 1.807) is 7.11 Å². The highest BCUT2D eigenvalue weighted by atomic mass is 35.5. The topological polar surface area (TPSA) is 61.8 Å². The van der Waals surface area contributed by atoms with Crippen molar-refractivity contribution in [1.29, 1.82) is 0 Å². The molecule has 2 N–H and O–H groups in total. The number of benzene rings is 3. The molecule has 0 spiro atoms. The van der Waals surface area contributed by atoms with Crippen LogP contribution in [0.5, 0.6) is 5.75 Å². The van der Waals surface area contributed by atoms with Crippen LogP contribution in [0.4, 0.5) is 0 Å². The van der Waals surface area contributed by atoms with Gasteiger partial charge in [-0.2, -0.15) is 0 Å². The molecule has 2 bridgehead atoms. The van der Waals surface area contributed by atoms with Crippen LogP contribution in [-0.2, 0) is 11.3 Å². The van der Waals surface area contributed by atoms with Gasteiger partial charge in [-0.05, 0) is 47.6 Å². The quantitative estimate of drug-likeness (QED) is 0.313. The third-order valence-corrected chi connectivity index (χ3v) is 8.42. The molecule has 0 aromatic heterocycles. The standard InChI is InChI=1S/C32H38N2O3.2ClH/c1-21(2)24-14-15-28(37-3)25(18-24)19-33-30-26-16-17-34(20-27(26)32(35)36)31(30)29(22-10-6-4-7-11-22)23-12-8-5-9-13-23;;/h4-15,18,21,26-27,29-31,33H,16-17,19-20H2,1-3H3,(H,35,36);2*1H/t26-,27-,30-,31-;;/m0../s1. The minimum atomic E-state index is -0.685. The smallest absolute Gasteiger partial charge is 0.308 e. The second-order valence-corrected chi connectivity index (χ2v) is 10.8. The molecule has 3 heterocycles. The van der Waals surface area contributed by atoms with Crippen LogP contribution < -0.4 is 10.1 Å². The van der Waals surface area contributed by atoms with Crippen molar-refractivity contribution in [3.8, 4) is 5.75 Å². The van der Waals surface area contributed by atoms with E-state index in [2.05, 4.69) is 103 Å². The van der Waals surface area contributed by atoms with Crippen molar-refractivity contribution in [3.63, 3.8) is 0 Å². The first-order chi connectivity index (χ1) is 18.0. The van der Waals surface area contributed by atoms with Gasteiger partial charge in [-0.3, -0.25) is 9.69 Å². The molecule has 39 heavy (non-hydrogen) atoms. The van der Waals surface area contributed by atoms with Crippen molar-refractivity contribution in [2.45, 2.75) is 50.7 Å². The molecule has 0 radical (unpaired) electrons. The zero-order chi connectivity index (χ0) is 25.9. The van der Waals surface area contributed by atoms with E-state index in [-0.39, 0.29) is 54.7 Å². The summed E-state index contributed by atoms with van der Waals surface area (Å²) in [4.78, 5) is 14.8. The Kier molecular flexibility index (Phi) is 10.9. The fraction of sp³-hybridized carbons (Fsp3) is 0.406. The van der Waals surface area contributed by atoms with Crippen LogP contribution in [0.2, 0.25) is 0 Å². The zero-order valence-corrected chi connectivity index (χ0v) is 24.5. The highest BCUT2D eigenvalue weighted by Crippen LogP contribution is 2.44. The molecule has 0 saturated carbocycles. The molecular formula is C32H40Cl2N2O3. The van der Waals surface area contributed by atoms with E-state index in [0.717, 1.165) is 24.3 Å². The summed E-state index contributed by atoms with van der Waals surface area (Å²) in [6.07, 6.45) is 0.893. The summed E-state index contributed by atoms with van der Waals surface area (Å²) in [5.74, 6) is 0.454. The monoisotopic (exact) mass is 570 g/mol. The summed E-state index contributed by atoms with van der Waals surface area (Å²) in [6, 6.07) is 28.0. The third-order valence-electron chi connectivity index (χ3n) is 8.42. The molecule has 3 aliphatic heterocycles. The van der Waals surface area contributed by atoms with Crippen LogP contribution in [-0.4, -0.2) is 48.3 Å². The summed E-state index contributed by atoms with van der Waals surface area (Å²) in [6.45, 7) is 6.57. The summed E-state index contributed by atoms with van der Waals surface area (Å²) >= 11 is 0. The fourth-order valence-electron chi connectivity index (χ4n) is 6.56. The summed E-state index contributed by atoms with van der Waals surface area (Å²) in [5, 5.41) is 14.0. The lowest BCUT2D eigenvalue weighted by Crippen LogP contribution is -2.68. The van der Waals surface area contributed by atoms with Crippen molar-refractivity contribution < 1.29 is 14.6 Å². The molecule has 7 heteroatoms. The van der Waals surface area contributed by atoms with E-state index in [4.69, 9.17) is 4.74 Å². The fourth-order valence-corrected chi connectivity index (χ4v) is 6.56. The average Bonchev–Trinajstić information content (AvgIpc) is 2.93. The molecule has 3 aliphatic rings. The molecule has 5 atom stereocenters. The number of halogens is 2. The highest BCUT2D eigenvalue weighted by molar-refractivity contribution is 5.85. The first-order valence-corrected chi connectivity index (χ1v) is 13.4. The van der Waals surface area contributed by atoms with E-state index in [0.29, 0.717) is 19.0 Å². The first kappa shape index (κ1) is 31.0. The molecule has 3 fully saturated rings. The van der Waals surface area contributed by atoms with Gasteiger partial charge in [0.15, 0.2) is 0 Å². The number of carbonyl (C=O) groups is 1. The van der Waals surface area contributed by atoms with Crippen LogP contribution >= 0.6 is 24.8 Å². The van der Waals surface area contributed by atoms with Gasteiger partial charge in [-0.1, -0.05) is 86.6 Å². The van der Waals surface area contributed by atoms with Crippen molar-refractivity contribution >= 4 is 30.8 Å². The van der Waals surface area contributed by atoms with E-state index in [1.165, 1.54) is 16.7 Å². The molecule has 6 rings (SSSR count). The lowest BCUT2D eigenvalue weighted by atomic mass is 9.66. The minimum absolute atomic E-state index is 0. The number of nitrogens with zero attached hydrogens (tertiary/aromatic N) is 1. The molecule has 3 aromatic rings. The number of hydrogen-bond donors (Lipinski definition) is 2. The molecule has 0 aliphatic carbocycles. The second kappa shape index (κ2) is 13.7. The number of ether oxygens (including phenoxy) is 1. The van der Waals surface area contributed by atoms with Gasteiger partial charge in [-0.25, -0.2) is 0 Å². The molecule has 1 unspecified atom stereocenters. The molecular weight excluding hydrogens is 531 g/mol. The largest absolute Gasteiger partial charge is 0.496 e. The number of carboxylic acids is 1. The average molecular weight is 572 g/mol. The van der Waals surface area contributed by atoms with Crippen molar-refractivity contribution in [1.82, 2.24) is 10.2 Å². The Hall–Kier alpha value is -2.57. The summed E-state index contributed by atoms with van der Waals surface area (Å²) in [7, 11) is 1.71. The highest BCUT2D eigenvalue weighted by Gasteiger charge is 2.52. The minimum Gasteiger partial charge on any atom is -0.496 e. The predicted molar refractivity (Wildman–Crippen MR) is 162 cm³/mol. The maximum atomic E-state index is 12.3. The van der Waals surface area contributed by atoms with Gasteiger partial charge in [0.2, 0.25) is 0 Å². The number of fused-ring (bicyclic) bond motifs is 3. The van der Waals surface area contributed by atoms with Crippen LogP contribution in [0.25, 0.3) is 0 Å². The maximum absolute atomic E-state index is 12.3. The van der Waals surface area contributed by atoms with Crippen molar-refractivity contribution in [2.24, 2.45) is 11.8 Å². The number of nitrogens with one attached hydrogen (secondary N) is 1. The predicted octanol–water partition coefficient (Wildman–Crippen LogP) is 6.36. The number of piperidine rings is 3.